The highest BCUT2D eigenvalue weighted by atomic mass is 16.6. The van der Waals surface area contributed by atoms with Gasteiger partial charge < -0.3 is 14.5 Å². The quantitative estimate of drug-likeness (QED) is 0.593. The second kappa shape index (κ2) is 8.17. The summed E-state index contributed by atoms with van der Waals surface area (Å²) in [6.45, 7) is 6.71. The maximum atomic E-state index is 13.6. The zero-order valence-corrected chi connectivity index (χ0v) is 19.3. The van der Waals surface area contributed by atoms with Gasteiger partial charge in [0.25, 0.3) is 5.91 Å². The van der Waals surface area contributed by atoms with Crippen molar-refractivity contribution in [1.29, 1.82) is 0 Å². The minimum absolute atomic E-state index is 0.0361. The molecule has 0 saturated carbocycles. The van der Waals surface area contributed by atoms with Crippen molar-refractivity contribution in [2.24, 2.45) is 0 Å². The first-order chi connectivity index (χ1) is 15.8. The molecule has 0 unspecified atom stereocenters. The van der Waals surface area contributed by atoms with Gasteiger partial charge in [0.05, 0.1) is 17.9 Å². The van der Waals surface area contributed by atoms with E-state index in [1.165, 1.54) is 0 Å². The molecule has 2 atom stereocenters. The summed E-state index contributed by atoms with van der Waals surface area (Å²) in [5.74, 6) is -0.0978. The minimum Gasteiger partial charge on any atom is -0.444 e. The van der Waals surface area contributed by atoms with Crippen molar-refractivity contribution in [1.82, 2.24) is 24.4 Å². The van der Waals surface area contributed by atoms with Gasteiger partial charge in [0.1, 0.15) is 11.2 Å². The van der Waals surface area contributed by atoms with Gasteiger partial charge in [-0.1, -0.05) is 30.3 Å². The topological polar surface area (TPSA) is 80.0 Å². The summed E-state index contributed by atoms with van der Waals surface area (Å²) in [5, 5.41) is 4.49. The Morgan fingerprint density at radius 3 is 2.55 bits per heavy atom. The molecule has 0 N–H and O–H groups in total. The number of rotatable bonds is 2. The van der Waals surface area contributed by atoms with Gasteiger partial charge >= 0.3 is 6.09 Å². The lowest BCUT2D eigenvalue weighted by molar-refractivity contribution is 0.0151. The maximum absolute atomic E-state index is 13.6. The Morgan fingerprint density at radius 2 is 1.79 bits per heavy atom. The first kappa shape index (κ1) is 21.4. The van der Waals surface area contributed by atoms with Crippen LogP contribution in [-0.2, 0) is 4.74 Å². The molecule has 8 heteroatoms. The van der Waals surface area contributed by atoms with Crippen LogP contribution in [0.1, 0.15) is 50.4 Å². The molecule has 172 valence electrons. The Kier molecular flexibility index (Phi) is 5.31. The molecule has 2 fully saturated rings. The highest BCUT2D eigenvalue weighted by Crippen LogP contribution is 2.32. The van der Waals surface area contributed by atoms with Crippen LogP contribution in [0.2, 0.25) is 0 Å². The molecule has 4 heterocycles. The van der Waals surface area contributed by atoms with Crippen LogP contribution in [0, 0.1) is 0 Å². The average Bonchev–Trinajstić information content (AvgIpc) is 3.33. The van der Waals surface area contributed by atoms with Crippen LogP contribution in [0.4, 0.5) is 4.79 Å². The molecule has 2 amide bonds. The van der Waals surface area contributed by atoms with Crippen LogP contribution in [0.25, 0.3) is 16.9 Å². The summed E-state index contributed by atoms with van der Waals surface area (Å²) in [7, 11) is 0. The average molecular weight is 448 g/mol. The van der Waals surface area contributed by atoms with Gasteiger partial charge in [0, 0.05) is 30.9 Å². The van der Waals surface area contributed by atoms with Crippen molar-refractivity contribution in [2.45, 2.75) is 57.7 Å². The number of hydrogen-bond acceptors (Lipinski definition) is 5. The fourth-order valence-corrected chi connectivity index (χ4v) is 4.91. The van der Waals surface area contributed by atoms with E-state index in [0.717, 1.165) is 30.5 Å². The van der Waals surface area contributed by atoms with E-state index in [0.29, 0.717) is 24.3 Å². The number of hydrogen-bond donors (Lipinski definition) is 0. The molecule has 3 aromatic rings. The highest BCUT2D eigenvalue weighted by Gasteiger charge is 2.43. The molecule has 8 nitrogen and oxygen atoms in total. The third-order valence-corrected chi connectivity index (χ3v) is 6.38. The molecule has 2 aliphatic rings. The molecular weight excluding hydrogens is 418 g/mol. The Labute approximate surface area is 193 Å². The molecule has 1 aromatic carbocycles. The fraction of sp³-hybridized carbons (Fsp3) is 0.440. The van der Waals surface area contributed by atoms with E-state index >= 15 is 0 Å². The molecule has 5 rings (SSSR count). The van der Waals surface area contributed by atoms with Crippen molar-refractivity contribution >= 4 is 17.6 Å². The molecular formula is C25H29N5O3. The SMILES string of the molecule is CC(C)(C)OC(=O)N1[C@H]2CC[C@H]1CN(C(=O)c1cnn3c(-c4ccccc4)ccnc13)CC2. The predicted octanol–water partition coefficient (Wildman–Crippen LogP) is 4.01. The van der Waals surface area contributed by atoms with Gasteiger partial charge in [-0.15, -0.1) is 0 Å². The number of nitrogens with zero attached hydrogens (tertiary/aromatic N) is 5. The normalized spacial score (nSPS) is 20.7. The first-order valence-electron chi connectivity index (χ1n) is 11.5. The number of likely N-dealkylation sites (tertiary alicyclic amines) is 1. The molecule has 2 aliphatic heterocycles. The van der Waals surface area contributed by atoms with Gasteiger partial charge in [-0.3, -0.25) is 4.79 Å². The maximum Gasteiger partial charge on any atom is 0.410 e. The lowest BCUT2D eigenvalue weighted by atomic mass is 10.1. The third-order valence-electron chi connectivity index (χ3n) is 6.38. The predicted molar refractivity (Wildman–Crippen MR) is 124 cm³/mol. The zero-order chi connectivity index (χ0) is 23.2. The third kappa shape index (κ3) is 4.05. The molecule has 2 bridgehead atoms. The Bertz CT molecular complexity index is 1180. The van der Waals surface area contributed by atoms with Gasteiger partial charge in [-0.25, -0.2) is 14.3 Å². The van der Waals surface area contributed by atoms with Gasteiger partial charge in [-0.05, 0) is 46.1 Å². The van der Waals surface area contributed by atoms with Crippen LogP contribution in [0.5, 0.6) is 0 Å². The number of amides is 2. The summed E-state index contributed by atoms with van der Waals surface area (Å²) in [6.07, 6.45) is 5.60. The second-order valence-electron chi connectivity index (χ2n) is 9.80. The van der Waals surface area contributed by atoms with E-state index < -0.39 is 5.60 Å². The summed E-state index contributed by atoms with van der Waals surface area (Å²) in [6, 6.07) is 11.9. The number of carbonyl (C=O) groups excluding carboxylic acids is 2. The van der Waals surface area contributed by atoms with Crippen molar-refractivity contribution in [2.75, 3.05) is 13.1 Å². The minimum atomic E-state index is -0.544. The van der Waals surface area contributed by atoms with Crippen molar-refractivity contribution in [3.63, 3.8) is 0 Å². The summed E-state index contributed by atoms with van der Waals surface area (Å²) in [4.78, 5) is 34.6. The van der Waals surface area contributed by atoms with Crippen LogP contribution in [0.15, 0.2) is 48.8 Å². The second-order valence-corrected chi connectivity index (χ2v) is 9.80. The summed E-state index contributed by atoms with van der Waals surface area (Å²) < 4.78 is 7.38. The van der Waals surface area contributed by atoms with E-state index in [1.807, 2.05) is 67.0 Å². The summed E-state index contributed by atoms with van der Waals surface area (Å²) >= 11 is 0. The fourth-order valence-electron chi connectivity index (χ4n) is 4.91. The number of carbonyl (C=O) groups is 2. The van der Waals surface area contributed by atoms with E-state index in [4.69, 9.17) is 4.74 Å². The Morgan fingerprint density at radius 1 is 1.03 bits per heavy atom. The van der Waals surface area contributed by atoms with E-state index in [9.17, 15) is 9.59 Å². The molecule has 2 saturated heterocycles. The Hall–Kier alpha value is -3.42. The van der Waals surface area contributed by atoms with Crippen molar-refractivity contribution in [3.8, 4) is 11.3 Å². The van der Waals surface area contributed by atoms with E-state index in [-0.39, 0.29) is 24.1 Å². The van der Waals surface area contributed by atoms with Gasteiger partial charge in [-0.2, -0.15) is 5.10 Å². The monoisotopic (exact) mass is 447 g/mol. The van der Waals surface area contributed by atoms with E-state index in [2.05, 4.69) is 10.1 Å². The molecule has 33 heavy (non-hydrogen) atoms. The van der Waals surface area contributed by atoms with Gasteiger partial charge in [0.15, 0.2) is 5.65 Å². The lowest BCUT2D eigenvalue weighted by Crippen LogP contribution is -2.46. The number of benzene rings is 1. The number of fused-ring (bicyclic) bond motifs is 3. The number of aromatic nitrogens is 3. The van der Waals surface area contributed by atoms with Crippen LogP contribution < -0.4 is 0 Å². The molecule has 0 spiro atoms. The first-order valence-corrected chi connectivity index (χ1v) is 11.5. The molecule has 0 aliphatic carbocycles. The summed E-state index contributed by atoms with van der Waals surface area (Å²) in [5.41, 5.74) is 2.37. The van der Waals surface area contributed by atoms with Crippen molar-refractivity contribution in [3.05, 3.63) is 54.4 Å². The number of ether oxygens (including phenoxy) is 1. The Balaban J connectivity index is 1.40. The van der Waals surface area contributed by atoms with E-state index in [1.54, 1.807) is 16.9 Å². The van der Waals surface area contributed by atoms with Crippen LogP contribution in [0.3, 0.4) is 0 Å². The highest BCUT2D eigenvalue weighted by molar-refractivity contribution is 6.00. The molecule has 2 aromatic heterocycles. The van der Waals surface area contributed by atoms with Crippen LogP contribution >= 0.6 is 0 Å². The van der Waals surface area contributed by atoms with Crippen LogP contribution in [-0.4, -0.2) is 67.2 Å². The standard InChI is InChI=1S/C25H29N5O3/c1-25(2,3)33-24(32)29-18-9-10-19(29)16-28(14-12-18)23(31)20-15-27-30-21(11-13-26-22(20)30)17-7-5-4-6-8-17/h4-8,11,13,15,18-19H,9-10,12,14,16H2,1-3H3/t18-,19-/m0/s1. The molecule has 0 radical (unpaired) electrons. The lowest BCUT2D eigenvalue weighted by Gasteiger charge is -2.31. The van der Waals surface area contributed by atoms with Crippen molar-refractivity contribution < 1.29 is 14.3 Å². The van der Waals surface area contributed by atoms with Gasteiger partial charge in [0.2, 0.25) is 0 Å². The smallest absolute Gasteiger partial charge is 0.410 e. The zero-order valence-electron chi connectivity index (χ0n) is 19.3. The largest absolute Gasteiger partial charge is 0.444 e.